The van der Waals surface area contributed by atoms with E-state index in [1.807, 2.05) is 0 Å². The van der Waals surface area contributed by atoms with Crippen molar-refractivity contribution in [3.8, 4) is 0 Å². The zero-order valence-corrected chi connectivity index (χ0v) is 14.3. The summed E-state index contributed by atoms with van der Waals surface area (Å²) in [4.78, 5) is 24.3. The van der Waals surface area contributed by atoms with E-state index in [1.165, 1.54) is 0 Å². The Morgan fingerprint density at radius 2 is 1.76 bits per heavy atom. The summed E-state index contributed by atoms with van der Waals surface area (Å²) in [5, 5.41) is -0.399. The van der Waals surface area contributed by atoms with E-state index >= 15 is 0 Å². The van der Waals surface area contributed by atoms with E-state index in [9.17, 15) is 31.2 Å². The molecule has 2 amide bonds. The average molecular weight is 394 g/mol. The SMILES string of the molecule is O=C1CSC(=O)N1C1CCN(S(=O)(=O)c2ccc(C(F)(F)F)cc2)C1. The first-order chi connectivity index (χ1) is 11.6. The number of sulfonamides is 1. The van der Waals surface area contributed by atoms with Gasteiger partial charge in [0.2, 0.25) is 15.9 Å². The van der Waals surface area contributed by atoms with Crippen LogP contribution < -0.4 is 0 Å². The number of carbonyl (C=O) groups is 2. The monoisotopic (exact) mass is 394 g/mol. The van der Waals surface area contributed by atoms with Crippen molar-refractivity contribution >= 4 is 32.9 Å². The Bertz CT molecular complexity index is 792. The lowest BCUT2D eigenvalue weighted by atomic mass is 10.2. The van der Waals surface area contributed by atoms with Crippen LogP contribution >= 0.6 is 11.8 Å². The number of alkyl halides is 3. The van der Waals surface area contributed by atoms with E-state index in [-0.39, 0.29) is 29.6 Å². The lowest BCUT2D eigenvalue weighted by Gasteiger charge is -2.22. The molecule has 1 aromatic rings. The molecule has 3 rings (SSSR count). The van der Waals surface area contributed by atoms with Gasteiger partial charge in [-0.2, -0.15) is 17.5 Å². The molecule has 0 N–H and O–H groups in total. The first kappa shape index (κ1) is 18.2. The highest BCUT2D eigenvalue weighted by Crippen LogP contribution is 2.32. The van der Waals surface area contributed by atoms with Gasteiger partial charge in [0.05, 0.1) is 22.3 Å². The van der Waals surface area contributed by atoms with Gasteiger partial charge in [-0.15, -0.1) is 0 Å². The molecule has 0 spiro atoms. The zero-order chi connectivity index (χ0) is 18.4. The van der Waals surface area contributed by atoms with Crippen molar-refractivity contribution in [2.75, 3.05) is 18.8 Å². The quantitative estimate of drug-likeness (QED) is 0.786. The van der Waals surface area contributed by atoms with Gasteiger partial charge in [-0.25, -0.2) is 8.42 Å². The molecule has 2 aliphatic rings. The topological polar surface area (TPSA) is 74.8 Å². The van der Waals surface area contributed by atoms with Crippen molar-refractivity contribution < 1.29 is 31.2 Å². The highest BCUT2D eigenvalue weighted by molar-refractivity contribution is 8.14. The molecule has 2 saturated heterocycles. The van der Waals surface area contributed by atoms with Crippen LogP contribution in [0, 0.1) is 0 Å². The minimum absolute atomic E-state index is 0.0426. The molecule has 0 aromatic heterocycles. The Morgan fingerprint density at radius 1 is 1.12 bits per heavy atom. The van der Waals surface area contributed by atoms with Crippen LogP contribution in [0.2, 0.25) is 0 Å². The minimum Gasteiger partial charge on any atom is -0.273 e. The number of carbonyl (C=O) groups excluding carboxylic acids is 2. The van der Waals surface area contributed by atoms with Crippen LogP contribution in [0.25, 0.3) is 0 Å². The Hall–Kier alpha value is -1.59. The maximum Gasteiger partial charge on any atom is 0.416 e. The molecular weight excluding hydrogens is 381 g/mol. The first-order valence-electron chi connectivity index (χ1n) is 7.27. The maximum atomic E-state index is 12.6. The predicted molar refractivity (Wildman–Crippen MR) is 83.3 cm³/mol. The maximum absolute atomic E-state index is 12.6. The molecule has 1 atom stereocenters. The molecule has 1 aromatic carbocycles. The molecule has 2 heterocycles. The standard InChI is InChI=1S/C14H13F3N2O4S2/c15-14(16,17)9-1-3-11(4-2-9)25(22,23)18-6-5-10(7-18)19-12(20)8-24-13(19)21/h1-4,10H,5-8H2. The average Bonchev–Trinajstić information content (AvgIpc) is 3.14. The second-order valence-electron chi connectivity index (χ2n) is 5.65. The fourth-order valence-corrected chi connectivity index (χ4v) is 5.09. The van der Waals surface area contributed by atoms with Gasteiger partial charge in [0.15, 0.2) is 0 Å². The fourth-order valence-electron chi connectivity index (χ4n) is 2.82. The van der Waals surface area contributed by atoms with Crippen LogP contribution in [0.5, 0.6) is 0 Å². The Kier molecular flexibility index (Phi) is 4.58. The molecule has 0 aliphatic carbocycles. The number of imide groups is 1. The summed E-state index contributed by atoms with van der Waals surface area (Å²) < 4.78 is 64.0. The summed E-state index contributed by atoms with van der Waals surface area (Å²) >= 11 is 0.872. The Balaban J connectivity index is 1.77. The fraction of sp³-hybridized carbons (Fsp3) is 0.429. The zero-order valence-electron chi connectivity index (χ0n) is 12.7. The van der Waals surface area contributed by atoms with E-state index in [0.717, 1.165) is 33.1 Å². The number of amides is 2. The van der Waals surface area contributed by atoms with Crippen molar-refractivity contribution in [3.05, 3.63) is 29.8 Å². The number of hydrogen-bond acceptors (Lipinski definition) is 5. The summed E-state index contributed by atoms with van der Waals surface area (Å²) in [5.74, 6) is -0.310. The summed E-state index contributed by atoms with van der Waals surface area (Å²) in [5.41, 5.74) is -0.934. The lowest BCUT2D eigenvalue weighted by molar-refractivity contribution is -0.137. The molecule has 6 nitrogen and oxygen atoms in total. The third-order valence-corrected chi connectivity index (χ3v) is 6.81. The number of thioether (sulfide) groups is 1. The smallest absolute Gasteiger partial charge is 0.273 e. The van der Waals surface area contributed by atoms with Crippen molar-refractivity contribution in [2.24, 2.45) is 0 Å². The van der Waals surface area contributed by atoms with Crippen molar-refractivity contribution in [1.29, 1.82) is 0 Å². The van der Waals surface area contributed by atoms with Gasteiger partial charge in [-0.3, -0.25) is 14.5 Å². The van der Waals surface area contributed by atoms with Gasteiger partial charge in [0.1, 0.15) is 0 Å². The number of halogens is 3. The molecule has 25 heavy (non-hydrogen) atoms. The number of benzene rings is 1. The largest absolute Gasteiger partial charge is 0.416 e. The molecule has 0 saturated carbocycles. The molecule has 0 radical (unpaired) electrons. The van der Waals surface area contributed by atoms with Crippen molar-refractivity contribution in [2.45, 2.75) is 23.5 Å². The molecule has 2 fully saturated rings. The van der Waals surface area contributed by atoms with Gasteiger partial charge in [-0.1, -0.05) is 11.8 Å². The van der Waals surface area contributed by atoms with Crippen molar-refractivity contribution in [1.82, 2.24) is 9.21 Å². The van der Waals surface area contributed by atoms with Crippen LogP contribution in [0.3, 0.4) is 0 Å². The number of rotatable bonds is 3. The Morgan fingerprint density at radius 3 is 2.28 bits per heavy atom. The molecule has 136 valence electrons. The minimum atomic E-state index is -4.55. The molecule has 11 heteroatoms. The summed E-state index contributed by atoms with van der Waals surface area (Å²) in [6.45, 7) is 0.0388. The highest BCUT2D eigenvalue weighted by Gasteiger charge is 2.42. The van der Waals surface area contributed by atoms with Crippen LogP contribution in [-0.2, 0) is 21.0 Å². The van der Waals surface area contributed by atoms with E-state index in [1.54, 1.807) is 0 Å². The van der Waals surface area contributed by atoms with E-state index in [2.05, 4.69) is 0 Å². The first-order valence-corrected chi connectivity index (χ1v) is 9.69. The molecular formula is C14H13F3N2O4S2. The number of nitrogens with zero attached hydrogens (tertiary/aromatic N) is 2. The van der Waals surface area contributed by atoms with E-state index in [0.29, 0.717) is 18.6 Å². The van der Waals surface area contributed by atoms with E-state index < -0.39 is 33.0 Å². The van der Waals surface area contributed by atoms with Crippen LogP contribution in [0.4, 0.5) is 18.0 Å². The van der Waals surface area contributed by atoms with Gasteiger partial charge in [-0.05, 0) is 30.7 Å². The second kappa shape index (κ2) is 6.29. The summed E-state index contributed by atoms with van der Waals surface area (Å²) in [6, 6.07) is 2.70. The Labute approximate surface area is 146 Å². The molecule has 1 unspecified atom stereocenters. The summed E-state index contributed by atoms with van der Waals surface area (Å²) in [7, 11) is -3.99. The van der Waals surface area contributed by atoms with Crippen LogP contribution in [0.15, 0.2) is 29.2 Å². The molecule has 2 aliphatic heterocycles. The van der Waals surface area contributed by atoms with Gasteiger partial charge >= 0.3 is 6.18 Å². The third kappa shape index (κ3) is 3.40. The van der Waals surface area contributed by atoms with E-state index in [4.69, 9.17) is 0 Å². The number of hydrogen-bond donors (Lipinski definition) is 0. The van der Waals surface area contributed by atoms with Gasteiger partial charge in [0.25, 0.3) is 5.24 Å². The predicted octanol–water partition coefficient (Wildman–Crippen LogP) is 2.16. The van der Waals surface area contributed by atoms with Gasteiger partial charge < -0.3 is 0 Å². The van der Waals surface area contributed by atoms with Crippen molar-refractivity contribution in [3.63, 3.8) is 0 Å². The normalized spacial score (nSPS) is 22.8. The van der Waals surface area contributed by atoms with Gasteiger partial charge in [0, 0.05) is 13.1 Å². The lowest BCUT2D eigenvalue weighted by Crippen LogP contribution is -2.41. The molecule has 0 bridgehead atoms. The van der Waals surface area contributed by atoms with Crippen LogP contribution in [-0.4, -0.2) is 53.7 Å². The highest BCUT2D eigenvalue weighted by atomic mass is 32.2. The van der Waals surface area contributed by atoms with Crippen LogP contribution in [0.1, 0.15) is 12.0 Å². The second-order valence-corrected chi connectivity index (χ2v) is 8.51. The summed E-state index contributed by atoms with van der Waals surface area (Å²) in [6.07, 6.45) is -4.24. The third-order valence-electron chi connectivity index (χ3n) is 4.10.